The maximum absolute atomic E-state index is 5.30. The van der Waals surface area contributed by atoms with Gasteiger partial charge in [0.25, 0.3) is 0 Å². The molecule has 6 aromatic carbocycles. The summed E-state index contributed by atoms with van der Waals surface area (Å²) in [6, 6.07) is 50.3. The van der Waals surface area contributed by atoms with E-state index in [1.165, 1.54) is 15.5 Å². The highest BCUT2D eigenvalue weighted by Crippen LogP contribution is 2.47. The summed E-state index contributed by atoms with van der Waals surface area (Å²) >= 11 is 1.77. The van der Waals surface area contributed by atoms with Gasteiger partial charge in [0, 0.05) is 42.4 Å². The van der Waals surface area contributed by atoms with E-state index in [4.69, 9.17) is 19.9 Å². The van der Waals surface area contributed by atoms with E-state index in [9.17, 15) is 0 Å². The van der Waals surface area contributed by atoms with Crippen LogP contribution in [0.5, 0.6) is 0 Å². The van der Waals surface area contributed by atoms with E-state index in [0.29, 0.717) is 17.6 Å². The summed E-state index contributed by atoms with van der Waals surface area (Å²) in [6.45, 7) is 0. The number of thiophene rings is 1. The third-order valence-electron chi connectivity index (χ3n) is 8.82. The second-order valence-corrected chi connectivity index (χ2v) is 12.6. The minimum atomic E-state index is 0.503. The first kappa shape index (κ1) is 26.1. The number of rotatable bonds is 3. The molecule has 220 valence electrons. The van der Waals surface area contributed by atoms with E-state index >= 15 is 0 Å². The summed E-state index contributed by atoms with van der Waals surface area (Å²) < 4.78 is 4.62. The molecule has 0 N–H and O–H groups in total. The van der Waals surface area contributed by atoms with Crippen LogP contribution in [0.25, 0.3) is 70.8 Å². The van der Waals surface area contributed by atoms with Crippen molar-refractivity contribution in [1.29, 1.82) is 0 Å². The van der Waals surface area contributed by atoms with E-state index in [1.54, 1.807) is 11.3 Å². The first-order chi connectivity index (χ1) is 23.3. The molecular weight excluding hydrogens is 597 g/mol. The molecule has 0 spiro atoms. The molecule has 3 aromatic heterocycles. The lowest BCUT2D eigenvalue weighted by Gasteiger charge is -2.23. The van der Waals surface area contributed by atoms with Gasteiger partial charge in [-0.1, -0.05) is 109 Å². The zero-order chi connectivity index (χ0) is 30.9. The monoisotopic (exact) mass is 620 g/mol. The van der Waals surface area contributed by atoms with Crippen LogP contribution in [0.4, 0.5) is 17.6 Å². The zero-order valence-electron chi connectivity index (χ0n) is 24.9. The quantitative estimate of drug-likeness (QED) is 0.197. The fraction of sp³-hybridized carbons (Fsp3) is 0. The molecule has 1 aliphatic rings. The van der Waals surface area contributed by atoms with Crippen LogP contribution in [-0.4, -0.2) is 24.5 Å². The lowest BCUT2D eigenvalue weighted by atomic mass is 10.0. The minimum absolute atomic E-state index is 0.503. The van der Waals surface area contributed by atoms with Gasteiger partial charge in [0.05, 0.1) is 22.4 Å². The highest BCUT2D eigenvalue weighted by Gasteiger charge is 2.31. The molecule has 0 aliphatic carbocycles. The van der Waals surface area contributed by atoms with E-state index in [-0.39, 0.29) is 0 Å². The van der Waals surface area contributed by atoms with E-state index in [0.717, 1.165) is 55.3 Å². The fourth-order valence-corrected chi connectivity index (χ4v) is 7.93. The summed E-state index contributed by atoms with van der Waals surface area (Å²) in [5.74, 6) is 2.45. The fourth-order valence-electron chi connectivity index (χ4n) is 6.72. The number of hydrogen-bond acceptors (Lipinski definition) is 6. The van der Waals surface area contributed by atoms with Crippen LogP contribution in [0.3, 0.4) is 0 Å². The van der Waals surface area contributed by atoms with Gasteiger partial charge in [-0.05, 0) is 36.4 Å². The molecule has 4 heterocycles. The Morgan fingerprint density at radius 1 is 0.468 bits per heavy atom. The molecule has 10 rings (SSSR count). The highest BCUT2D eigenvalue weighted by molar-refractivity contribution is 7.26. The lowest BCUT2D eigenvalue weighted by Crippen LogP contribution is -2.18. The van der Waals surface area contributed by atoms with Gasteiger partial charge in [-0.3, -0.25) is 4.57 Å². The maximum atomic E-state index is 5.30. The highest BCUT2D eigenvalue weighted by atomic mass is 32.1. The summed E-state index contributed by atoms with van der Waals surface area (Å²) in [5.41, 5.74) is 8.00. The van der Waals surface area contributed by atoms with Crippen molar-refractivity contribution in [2.45, 2.75) is 0 Å². The molecule has 1 aliphatic heterocycles. The number of hydrogen-bond donors (Lipinski definition) is 0. The van der Waals surface area contributed by atoms with Crippen molar-refractivity contribution in [3.63, 3.8) is 0 Å². The predicted octanol–water partition coefficient (Wildman–Crippen LogP) is 10.4. The molecule has 0 fully saturated rings. The molecule has 0 amide bonds. The van der Waals surface area contributed by atoms with Crippen LogP contribution in [0.15, 0.2) is 146 Å². The second-order valence-electron chi connectivity index (χ2n) is 11.5. The van der Waals surface area contributed by atoms with Crippen LogP contribution >= 0.6 is 11.3 Å². The third-order valence-corrected chi connectivity index (χ3v) is 10.0. The van der Waals surface area contributed by atoms with Crippen LogP contribution < -0.4 is 4.90 Å². The van der Waals surface area contributed by atoms with Gasteiger partial charge in [0.2, 0.25) is 11.9 Å². The first-order valence-corrected chi connectivity index (χ1v) is 16.3. The molecule has 0 atom stereocenters. The summed E-state index contributed by atoms with van der Waals surface area (Å²) in [4.78, 5) is 23.0. The molecule has 0 saturated heterocycles. The van der Waals surface area contributed by atoms with Gasteiger partial charge in [-0.2, -0.15) is 9.97 Å². The molecule has 0 saturated carbocycles. The van der Waals surface area contributed by atoms with Crippen LogP contribution in [0, 0.1) is 0 Å². The standard InChI is InChI=1S/C40H24N6S/c1-2-13-25(14-3-1)37-42-38(30-19-12-18-29-28-17-6-11-24-35(28)47-36(29)30)44-39(43-37)46-33-22-9-5-16-27(33)26-15-4-8-21-32(26)45-34-23-10-7-20-31(34)41-40(45)46/h1-24H. The van der Waals surface area contributed by atoms with Crippen molar-refractivity contribution < 1.29 is 0 Å². The minimum Gasteiger partial charge on any atom is -0.277 e. The van der Waals surface area contributed by atoms with Crippen LogP contribution in [0.2, 0.25) is 0 Å². The van der Waals surface area contributed by atoms with Gasteiger partial charge >= 0.3 is 0 Å². The SMILES string of the molecule is c1ccc(-c2nc(-c3cccc4c3sc3ccccc34)nc(N3c4ccccc4-c4ccccc4-n4c3nc3ccccc34)n2)cc1. The van der Waals surface area contributed by atoms with Gasteiger partial charge < -0.3 is 0 Å². The van der Waals surface area contributed by atoms with E-state index in [1.807, 2.05) is 36.4 Å². The smallest absolute Gasteiger partial charge is 0.241 e. The number of aromatic nitrogens is 5. The third kappa shape index (κ3) is 3.97. The van der Waals surface area contributed by atoms with Crippen molar-refractivity contribution in [1.82, 2.24) is 24.5 Å². The van der Waals surface area contributed by atoms with Gasteiger partial charge in [-0.15, -0.1) is 11.3 Å². The van der Waals surface area contributed by atoms with Crippen molar-refractivity contribution in [2.24, 2.45) is 0 Å². The number of imidazole rings is 1. The molecular formula is C40H24N6S. The predicted molar refractivity (Wildman–Crippen MR) is 192 cm³/mol. The summed E-state index contributed by atoms with van der Waals surface area (Å²) in [5, 5.41) is 2.43. The number of anilines is 3. The Kier molecular flexibility index (Phi) is 5.64. The molecule has 0 radical (unpaired) electrons. The zero-order valence-corrected chi connectivity index (χ0v) is 25.8. The maximum Gasteiger partial charge on any atom is 0.241 e. The molecule has 7 heteroatoms. The Bertz CT molecular complexity index is 2660. The summed E-state index contributed by atoms with van der Waals surface area (Å²) in [7, 11) is 0. The second kappa shape index (κ2) is 10.2. The Labute approximate surface area is 273 Å². The van der Waals surface area contributed by atoms with Crippen molar-refractivity contribution >= 4 is 60.1 Å². The van der Waals surface area contributed by atoms with Gasteiger partial charge in [0.15, 0.2) is 11.6 Å². The Hall–Kier alpha value is -6.18. The van der Waals surface area contributed by atoms with Gasteiger partial charge in [0.1, 0.15) is 0 Å². The molecule has 0 bridgehead atoms. The van der Waals surface area contributed by atoms with Crippen molar-refractivity contribution in [3.05, 3.63) is 146 Å². The molecule has 9 aromatic rings. The topological polar surface area (TPSA) is 59.7 Å². The average Bonchev–Trinajstić information content (AvgIpc) is 3.68. The number of benzene rings is 6. The van der Waals surface area contributed by atoms with Crippen molar-refractivity contribution in [2.75, 3.05) is 4.90 Å². The number of nitrogens with zero attached hydrogens (tertiary/aromatic N) is 6. The Morgan fingerprint density at radius 2 is 1.13 bits per heavy atom. The lowest BCUT2D eigenvalue weighted by molar-refractivity contribution is 0.974. The van der Waals surface area contributed by atoms with E-state index < -0.39 is 0 Å². The number of fused-ring (bicyclic) bond motifs is 10. The van der Waals surface area contributed by atoms with Crippen LogP contribution in [-0.2, 0) is 0 Å². The van der Waals surface area contributed by atoms with Gasteiger partial charge in [-0.25, -0.2) is 14.9 Å². The largest absolute Gasteiger partial charge is 0.277 e. The van der Waals surface area contributed by atoms with Crippen LogP contribution in [0.1, 0.15) is 0 Å². The first-order valence-electron chi connectivity index (χ1n) is 15.5. The molecule has 6 nitrogen and oxygen atoms in total. The average molecular weight is 621 g/mol. The molecule has 0 unspecified atom stereocenters. The normalized spacial score (nSPS) is 12.2. The Morgan fingerprint density at radius 3 is 2.02 bits per heavy atom. The number of para-hydroxylation sites is 4. The Balaban J connectivity index is 1.31. The summed E-state index contributed by atoms with van der Waals surface area (Å²) in [6.07, 6.45) is 0. The van der Waals surface area contributed by atoms with E-state index in [2.05, 4.69) is 119 Å². The van der Waals surface area contributed by atoms with Crippen molar-refractivity contribution in [3.8, 4) is 39.6 Å². The molecule has 47 heavy (non-hydrogen) atoms.